The molecule has 0 saturated carbocycles. The van der Waals surface area contributed by atoms with Crippen LogP contribution in [0, 0.1) is 0 Å². The standard InChI is InChI=1S/C20H13BrN2OS/c21-15-6-3-4-13(12-15)8-11-18(24)22-20-23-19-16-7-2-1-5-14(16)9-10-17(19)25-20/h1-12H,(H,22,23,24)/b11-8+. The topological polar surface area (TPSA) is 42.0 Å². The molecule has 0 fully saturated rings. The van der Waals surface area contributed by atoms with Crippen molar-refractivity contribution in [1.29, 1.82) is 0 Å². The Kier molecular flexibility index (Phi) is 4.34. The Hall–Kier alpha value is -2.50. The summed E-state index contributed by atoms with van der Waals surface area (Å²) in [5.41, 5.74) is 1.88. The summed E-state index contributed by atoms with van der Waals surface area (Å²) in [5.74, 6) is -0.191. The molecule has 122 valence electrons. The number of fused-ring (bicyclic) bond motifs is 3. The van der Waals surface area contributed by atoms with Crippen LogP contribution >= 0.6 is 27.3 Å². The van der Waals surface area contributed by atoms with Gasteiger partial charge in [-0.05, 0) is 35.2 Å². The molecule has 4 rings (SSSR count). The number of thiazole rings is 1. The molecule has 0 bridgehead atoms. The molecule has 5 heteroatoms. The summed E-state index contributed by atoms with van der Waals surface area (Å²) in [6.07, 6.45) is 3.30. The molecule has 3 aromatic carbocycles. The first kappa shape index (κ1) is 16.0. The largest absolute Gasteiger partial charge is 0.298 e. The predicted molar refractivity (Wildman–Crippen MR) is 109 cm³/mol. The Morgan fingerprint density at radius 2 is 1.96 bits per heavy atom. The monoisotopic (exact) mass is 408 g/mol. The van der Waals surface area contributed by atoms with E-state index in [2.05, 4.69) is 44.4 Å². The van der Waals surface area contributed by atoms with E-state index >= 15 is 0 Å². The van der Waals surface area contributed by atoms with Crippen LogP contribution in [0.15, 0.2) is 71.2 Å². The highest BCUT2D eigenvalue weighted by Crippen LogP contribution is 2.31. The number of amides is 1. The average molecular weight is 409 g/mol. The van der Waals surface area contributed by atoms with Gasteiger partial charge >= 0.3 is 0 Å². The molecule has 3 nitrogen and oxygen atoms in total. The van der Waals surface area contributed by atoms with E-state index in [1.807, 2.05) is 42.5 Å². The van der Waals surface area contributed by atoms with Gasteiger partial charge in [0.15, 0.2) is 5.13 Å². The molecule has 0 saturated heterocycles. The van der Waals surface area contributed by atoms with Crippen molar-refractivity contribution in [1.82, 2.24) is 4.98 Å². The van der Waals surface area contributed by atoms with E-state index in [4.69, 9.17) is 0 Å². The summed E-state index contributed by atoms with van der Waals surface area (Å²) in [6, 6.07) is 20.0. The van der Waals surface area contributed by atoms with Crippen molar-refractivity contribution < 1.29 is 4.79 Å². The number of carbonyl (C=O) groups excluding carboxylic acids is 1. The van der Waals surface area contributed by atoms with Crippen molar-refractivity contribution in [2.75, 3.05) is 5.32 Å². The van der Waals surface area contributed by atoms with E-state index in [1.165, 1.54) is 17.4 Å². The lowest BCUT2D eigenvalue weighted by molar-refractivity contribution is -0.111. The second-order valence-electron chi connectivity index (χ2n) is 5.53. The van der Waals surface area contributed by atoms with E-state index < -0.39 is 0 Å². The van der Waals surface area contributed by atoms with Gasteiger partial charge in [0.05, 0.1) is 10.2 Å². The van der Waals surface area contributed by atoms with Gasteiger partial charge in [-0.3, -0.25) is 10.1 Å². The molecule has 0 radical (unpaired) electrons. The molecule has 1 aromatic heterocycles. The van der Waals surface area contributed by atoms with Gasteiger partial charge in [0.2, 0.25) is 5.91 Å². The third kappa shape index (κ3) is 3.48. The Morgan fingerprint density at radius 1 is 1.08 bits per heavy atom. The zero-order chi connectivity index (χ0) is 17.2. The molecule has 1 heterocycles. The molecule has 0 aliphatic heterocycles. The first-order valence-electron chi connectivity index (χ1n) is 7.72. The number of nitrogens with one attached hydrogen (secondary N) is 1. The number of halogens is 1. The molecule has 0 aliphatic rings. The summed E-state index contributed by atoms with van der Waals surface area (Å²) >= 11 is 4.90. The molecule has 25 heavy (non-hydrogen) atoms. The summed E-state index contributed by atoms with van der Waals surface area (Å²) in [4.78, 5) is 16.8. The van der Waals surface area contributed by atoms with Crippen molar-refractivity contribution in [3.8, 4) is 0 Å². The summed E-state index contributed by atoms with van der Waals surface area (Å²) in [7, 11) is 0. The predicted octanol–water partition coefficient (Wildman–Crippen LogP) is 5.86. The minimum atomic E-state index is -0.191. The van der Waals surface area contributed by atoms with Gasteiger partial charge in [-0.25, -0.2) is 4.98 Å². The fourth-order valence-corrected chi connectivity index (χ4v) is 3.95. The van der Waals surface area contributed by atoms with Crippen LogP contribution < -0.4 is 5.32 Å². The van der Waals surface area contributed by atoms with Crippen molar-refractivity contribution in [3.05, 3.63) is 76.8 Å². The molecule has 4 aromatic rings. The second kappa shape index (κ2) is 6.78. The number of aromatic nitrogens is 1. The highest BCUT2D eigenvalue weighted by atomic mass is 79.9. The first-order valence-corrected chi connectivity index (χ1v) is 9.33. The molecular formula is C20H13BrN2OS. The second-order valence-corrected chi connectivity index (χ2v) is 7.48. The third-order valence-corrected chi connectivity index (χ3v) is 5.22. The van der Waals surface area contributed by atoms with E-state index in [0.717, 1.165) is 31.0 Å². The van der Waals surface area contributed by atoms with Crippen LogP contribution in [0.25, 0.3) is 27.1 Å². The quantitative estimate of drug-likeness (QED) is 0.431. The lowest BCUT2D eigenvalue weighted by Gasteiger charge is -1.97. The van der Waals surface area contributed by atoms with Crippen LogP contribution in [0.1, 0.15) is 5.56 Å². The molecule has 0 aliphatic carbocycles. The smallest absolute Gasteiger partial charge is 0.250 e. The number of carbonyl (C=O) groups is 1. The minimum Gasteiger partial charge on any atom is -0.298 e. The highest BCUT2D eigenvalue weighted by molar-refractivity contribution is 9.10. The lowest BCUT2D eigenvalue weighted by atomic mass is 10.1. The maximum absolute atomic E-state index is 12.2. The van der Waals surface area contributed by atoms with E-state index in [1.54, 1.807) is 6.08 Å². The Morgan fingerprint density at radius 3 is 2.84 bits per heavy atom. The number of anilines is 1. The first-order chi connectivity index (χ1) is 12.2. The fraction of sp³-hybridized carbons (Fsp3) is 0. The normalized spacial score (nSPS) is 11.4. The number of benzene rings is 3. The van der Waals surface area contributed by atoms with Crippen LogP contribution in [0.2, 0.25) is 0 Å². The van der Waals surface area contributed by atoms with Gasteiger partial charge < -0.3 is 0 Å². The van der Waals surface area contributed by atoms with Gasteiger partial charge in [0.25, 0.3) is 0 Å². The maximum atomic E-state index is 12.2. The van der Waals surface area contributed by atoms with Crippen LogP contribution in [-0.2, 0) is 4.79 Å². The number of hydrogen-bond donors (Lipinski definition) is 1. The van der Waals surface area contributed by atoms with Crippen molar-refractivity contribution in [3.63, 3.8) is 0 Å². The van der Waals surface area contributed by atoms with Gasteiger partial charge in [0.1, 0.15) is 0 Å². The van der Waals surface area contributed by atoms with Crippen LogP contribution in [0.3, 0.4) is 0 Å². The summed E-state index contributed by atoms with van der Waals surface area (Å²) in [5, 5.41) is 5.70. The molecule has 0 unspecified atom stereocenters. The number of hydrogen-bond acceptors (Lipinski definition) is 3. The molecule has 0 atom stereocenters. The third-order valence-electron chi connectivity index (χ3n) is 3.79. The van der Waals surface area contributed by atoms with E-state index in [-0.39, 0.29) is 5.91 Å². The Labute approximate surface area is 157 Å². The van der Waals surface area contributed by atoms with Gasteiger partial charge in [0, 0.05) is 15.9 Å². The number of nitrogens with zero attached hydrogens (tertiary/aromatic N) is 1. The lowest BCUT2D eigenvalue weighted by Crippen LogP contribution is -2.07. The molecule has 1 amide bonds. The molecule has 1 N–H and O–H groups in total. The molecule has 0 spiro atoms. The van der Waals surface area contributed by atoms with Crippen molar-refractivity contribution in [2.24, 2.45) is 0 Å². The van der Waals surface area contributed by atoms with Crippen LogP contribution in [-0.4, -0.2) is 10.9 Å². The minimum absolute atomic E-state index is 0.191. The fourth-order valence-electron chi connectivity index (χ4n) is 2.64. The summed E-state index contributed by atoms with van der Waals surface area (Å²) < 4.78 is 2.04. The van der Waals surface area contributed by atoms with E-state index in [0.29, 0.717) is 5.13 Å². The van der Waals surface area contributed by atoms with E-state index in [9.17, 15) is 4.79 Å². The molecular weight excluding hydrogens is 396 g/mol. The Bertz CT molecular complexity index is 1120. The number of rotatable bonds is 3. The van der Waals surface area contributed by atoms with Gasteiger partial charge in [-0.1, -0.05) is 69.7 Å². The zero-order valence-electron chi connectivity index (χ0n) is 13.1. The van der Waals surface area contributed by atoms with Gasteiger partial charge in [-0.15, -0.1) is 0 Å². The van der Waals surface area contributed by atoms with Crippen molar-refractivity contribution in [2.45, 2.75) is 0 Å². The maximum Gasteiger partial charge on any atom is 0.250 e. The SMILES string of the molecule is O=C(/C=C/c1cccc(Br)c1)Nc1nc2c(ccc3ccccc32)s1. The van der Waals surface area contributed by atoms with Crippen LogP contribution in [0.4, 0.5) is 5.13 Å². The Balaban J connectivity index is 1.58. The van der Waals surface area contributed by atoms with Crippen molar-refractivity contribution >= 4 is 65.4 Å². The van der Waals surface area contributed by atoms with Crippen LogP contribution in [0.5, 0.6) is 0 Å². The highest BCUT2D eigenvalue weighted by Gasteiger charge is 2.08. The van der Waals surface area contributed by atoms with Gasteiger partial charge in [-0.2, -0.15) is 0 Å². The zero-order valence-corrected chi connectivity index (χ0v) is 15.5. The average Bonchev–Trinajstić information content (AvgIpc) is 3.03. The summed E-state index contributed by atoms with van der Waals surface area (Å²) in [6.45, 7) is 0.